The van der Waals surface area contributed by atoms with Gasteiger partial charge in [-0.3, -0.25) is 0 Å². The molecular weight excluding hydrogens is 230 g/mol. The molecule has 1 aliphatic heterocycles. The number of methoxy groups -OCH3 is 2. The van der Waals surface area contributed by atoms with Crippen LogP contribution in [0.25, 0.3) is 0 Å². The Morgan fingerprint density at radius 1 is 1.33 bits per heavy atom. The fourth-order valence-electron chi connectivity index (χ4n) is 2.43. The topological polar surface area (TPSA) is 47.6 Å². The van der Waals surface area contributed by atoms with E-state index in [0.717, 1.165) is 24.9 Å². The number of nitrogens with one attached hydrogen (secondary N) is 1. The molecule has 1 fully saturated rings. The molecule has 2 atom stereocenters. The second-order valence-electron chi connectivity index (χ2n) is 4.47. The summed E-state index contributed by atoms with van der Waals surface area (Å²) < 4.78 is 10.2. The lowest BCUT2D eigenvalue weighted by atomic mass is 9.92. The fraction of sp³-hybridized carbons (Fsp3) is 0.500. The lowest BCUT2D eigenvalue weighted by molar-refractivity contribution is 0.0570. The highest BCUT2D eigenvalue weighted by Gasteiger charge is 2.25. The minimum atomic E-state index is -0.285. The van der Waals surface area contributed by atoms with Crippen molar-refractivity contribution in [2.45, 2.75) is 25.0 Å². The number of rotatable bonds is 3. The maximum atomic E-state index is 11.7. The molecule has 98 valence electrons. The van der Waals surface area contributed by atoms with Gasteiger partial charge in [0.25, 0.3) is 0 Å². The molecule has 18 heavy (non-hydrogen) atoms. The van der Waals surface area contributed by atoms with Gasteiger partial charge < -0.3 is 14.8 Å². The minimum Gasteiger partial charge on any atom is -0.465 e. The molecule has 0 saturated carbocycles. The fourth-order valence-corrected chi connectivity index (χ4v) is 2.43. The van der Waals surface area contributed by atoms with Crippen LogP contribution in [0.4, 0.5) is 0 Å². The number of esters is 1. The summed E-state index contributed by atoms with van der Waals surface area (Å²) in [6.45, 7) is 0.901. The number of ether oxygens (including phenoxy) is 2. The van der Waals surface area contributed by atoms with E-state index in [2.05, 4.69) is 5.32 Å². The van der Waals surface area contributed by atoms with Gasteiger partial charge >= 0.3 is 5.97 Å². The van der Waals surface area contributed by atoms with E-state index in [0.29, 0.717) is 5.56 Å². The largest absolute Gasteiger partial charge is 0.465 e. The summed E-state index contributed by atoms with van der Waals surface area (Å²) in [5.41, 5.74) is 1.63. The zero-order valence-corrected chi connectivity index (χ0v) is 10.8. The predicted octanol–water partition coefficient (Wildman–Crippen LogP) is 1.91. The summed E-state index contributed by atoms with van der Waals surface area (Å²) in [4.78, 5) is 11.7. The van der Waals surface area contributed by atoms with E-state index in [1.807, 2.05) is 18.2 Å². The van der Waals surface area contributed by atoms with Crippen LogP contribution < -0.4 is 5.32 Å². The first-order valence-electron chi connectivity index (χ1n) is 6.19. The molecule has 0 aliphatic carbocycles. The van der Waals surface area contributed by atoms with Gasteiger partial charge in [0.05, 0.1) is 18.8 Å². The number of carbonyl (C=O) groups is 1. The first-order chi connectivity index (χ1) is 8.76. The zero-order valence-electron chi connectivity index (χ0n) is 10.8. The van der Waals surface area contributed by atoms with Crippen molar-refractivity contribution < 1.29 is 14.3 Å². The molecule has 0 aromatic heterocycles. The van der Waals surface area contributed by atoms with Crippen LogP contribution in [0.5, 0.6) is 0 Å². The Labute approximate surface area is 107 Å². The third-order valence-corrected chi connectivity index (χ3v) is 3.43. The highest BCUT2D eigenvalue weighted by atomic mass is 16.5. The van der Waals surface area contributed by atoms with Gasteiger partial charge in [-0.25, -0.2) is 4.79 Å². The van der Waals surface area contributed by atoms with Gasteiger partial charge in [0.2, 0.25) is 0 Å². The minimum absolute atomic E-state index is 0.152. The third kappa shape index (κ3) is 2.71. The van der Waals surface area contributed by atoms with Crippen molar-refractivity contribution in [3.05, 3.63) is 35.4 Å². The van der Waals surface area contributed by atoms with Gasteiger partial charge in [0.1, 0.15) is 0 Å². The van der Waals surface area contributed by atoms with E-state index in [-0.39, 0.29) is 18.1 Å². The molecule has 1 aromatic rings. The Hall–Kier alpha value is -1.39. The summed E-state index contributed by atoms with van der Waals surface area (Å²) in [7, 11) is 3.14. The molecule has 0 unspecified atom stereocenters. The lowest BCUT2D eigenvalue weighted by Gasteiger charge is -2.30. The van der Waals surface area contributed by atoms with Crippen LogP contribution in [0, 0.1) is 0 Å². The Morgan fingerprint density at radius 3 is 2.83 bits per heavy atom. The molecule has 1 N–H and O–H groups in total. The van der Waals surface area contributed by atoms with Crippen LogP contribution in [0.15, 0.2) is 24.3 Å². The molecule has 0 bridgehead atoms. The zero-order chi connectivity index (χ0) is 13.0. The van der Waals surface area contributed by atoms with Crippen molar-refractivity contribution in [2.24, 2.45) is 0 Å². The van der Waals surface area contributed by atoms with Gasteiger partial charge in [-0.05, 0) is 31.0 Å². The van der Waals surface area contributed by atoms with Gasteiger partial charge in [-0.1, -0.05) is 18.2 Å². The number of benzene rings is 1. The van der Waals surface area contributed by atoms with Crippen molar-refractivity contribution in [2.75, 3.05) is 20.8 Å². The standard InChI is InChI=1S/C14H19NO3/c1-17-10-7-8-15-13(9-10)11-5-3-4-6-12(11)14(16)18-2/h3-6,10,13,15H,7-9H2,1-2H3/t10-,13-/m1/s1. The average molecular weight is 249 g/mol. The molecule has 1 aromatic carbocycles. The summed E-state index contributed by atoms with van der Waals surface area (Å²) >= 11 is 0. The SMILES string of the molecule is COC(=O)c1ccccc1[C@H]1C[C@H](OC)CCN1. The number of piperidine rings is 1. The smallest absolute Gasteiger partial charge is 0.338 e. The van der Waals surface area contributed by atoms with Gasteiger partial charge in [-0.2, -0.15) is 0 Å². The quantitative estimate of drug-likeness (QED) is 0.831. The Balaban J connectivity index is 2.24. The molecule has 4 nitrogen and oxygen atoms in total. The Bertz CT molecular complexity index is 419. The second-order valence-corrected chi connectivity index (χ2v) is 4.47. The second kappa shape index (κ2) is 5.98. The Morgan fingerprint density at radius 2 is 2.11 bits per heavy atom. The molecule has 1 saturated heterocycles. The van der Waals surface area contributed by atoms with E-state index >= 15 is 0 Å². The molecule has 1 heterocycles. The average Bonchev–Trinajstić information content (AvgIpc) is 2.46. The number of carbonyl (C=O) groups excluding carboxylic acids is 1. The Kier molecular flexibility index (Phi) is 4.33. The predicted molar refractivity (Wildman–Crippen MR) is 68.6 cm³/mol. The molecular formula is C14H19NO3. The van der Waals surface area contributed by atoms with Gasteiger partial charge in [-0.15, -0.1) is 0 Å². The summed E-state index contributed by atoms with van der Waals surface area (Å²) in [6, 6.07) is 7.73. The van der Waals surface area contributed by atoms with E-state index < -0.39 is 0 Å². The van der Waals surface area contributed by atoms with Crippen LogP contribution in [-0.2, 0) is 9.47 Å². The third-order valence-electron chi connectivity index (χ3n) is 3.43. The maximum Gasteiger partial charge on any atom is 0.338 e. The van der Waals surface area contributed by atoms with Crippen LogP contribution >= 0.6 is 0 Å². The van der Waals surface area contributed by atoms with Crippen molar-refractivity contribution in [3.8, 4) is 0 Å². The van der Waals surface area contributed by atoms with Crippen molar-refractivity contribution in [1.82, 2.24) is 5.32 Å². The first kappa shape index (κ1) is 13.1. The van der Waals surface area contributed by atoms with Crippen LogP contribution in [0.1, 0.15) is 34.8 Å². The number of hydrogen-bond acceptors (Lipinski definition) is 4. The lowest BCUT2D eigenvalue weighted by Crippen LogP contribution is -2.36. The van der Waals surface area contributed by atoms with Crippen LogP contribution in [0.3, 0.4) is 0 Å². The molecule has 2 rings (SSSR count). The maximum absolute atomic E-state index is 11.7. The summed E-state index contributed by atoms with van der Waals surface area (Å²) in [6.07, 6.45) is 2.14. The molecule has 0 spiro atoms. The highest BCUT2D eigenvalue weighted by Crippen LogP contribution is 2.27. The molecule has 0 amide bonds. The van der Waals surface area contributed by atoms with E-state index in [1.165, 1.54) is 7.11 Å². The van der Waals surface area contributed by atoms with E-state index in [4.69, 9.17) is 9.47 Å². The molecule has 0 radical (unpaired) electrons. The van der Waals surface area contributed by atoms with Gasteiger partial charge in [0.15, 0.2) is 0 Å². The molecule has 4 heteroatoms. The summed E-state index contributed by atoms with van der Waals surface area (Å²) in [5, 5.41) is 3.43. The van der Waals surface area contributed by atoms with Crippen LogP contribution in [-0.4, -0.2) is 32.8 Å². The van der Waals surface area contributed by atoms with Gasteiger partial charge in [0, 0.05) is 13.2 Å². The summed E-state index contributed by atoms with van der Waals surface area (Å²) in [5.74, 6) is -0.285. The molecule has 1 aliphatic rings. The van der Waals surface area contributed by atoms with Crippen molar-refractivity contribution in [1.29, 1.82) is 0 Å². The van der Waals surface area contributed by atoms with E-state index in [1.54, 1.807) is 13.2 Å². The highest BCUT2D eigenvalue weighted by molar-refractivity contribution is 5.91. The van der Waals surface area contributed by atoms with E-state index in [9.17, 15) is 4.79 Å². The van der Waals surface area contributed by atoms with Crippen LogP contribution in [0.2, 0.25) is 0 Å². The van der Waals surface area contributed by atoms with Crippen molar-refractivity contribution >= 4 is 5.97 Å². The monoisotopic (exact) mass is 249 g/mol. The van der Waals surface area contributed by atoms with Crippen molar-refractivity contribution in [3.63, 3.8) is 0 Å². The first-order valence-corrected chi connectivity index (χ1v) is 6.19. The normalized spacial score (nSPS) is 23.7. The number of hydrogen-bond donors (Lipinski definition) is 1.